The summed E-state index contributed by atoms with van der Waals surface area (Å²) in [5.41, 5.74) is 2.81. The minimum Gasteiger partial charge on any atom is -0.495 e. The second-order valence-electron chi connectivity index (χ2n) is 8.48. The standard InChI is InChI=1S/C25H33N3O3/c1-19-10-11-23(30-2)22(17-19)26-25(29)24(20-7-4-3-5-8-20)28-14-12-27(13-15-28)18-21-9-6-16-31-21/h3-5,7-8,10-11,17,21,24H,6,9,12-16,18H2,1-2H3,(H,26,29)/t21-,24+/m0/s1. The highest BCUT2D eigenvalue weighted by molar-refractivity contribution is 5.96. The molecule has 2 saturated heterocycles. The smallest absolute Gasteiger partial charge is 0.246 e. The topological polar surface area (TPSA) is 54.0 Å². The predicted octanol–water partition coefficient (Wildman–Crippen LogP) is 3.48. The number of amides is 1. The molecule has 2 aliphatic rings. The quantitative estimate of drug-likeness (QED) is 0.739. The normalized spacial score (nSPS) is 21.0. The van der Waals surface area contributed by atoms with Crippen molar-refractivity contribution >= 4 is 11.6 Å². The van der Waals surface area contributed by atoms with Gasteiger partial charge in [-0.1, -0.05) is 36.4 Å². The molecule has 166 valence electrons. The van der Waals surface area contributed by atoms with Gasteiger partial charge in [0.2, 0.25) is 5.91 Å². The van der Waals surface area contributed by atoms with Crippen molar-refractivity contribution < 1.29 is 14.3 Å². The molecule has 2 aromatic rings. The number of ether oxygens (including phenoxy) is 2. The van der Waals surface area contributed by atoms with Crippen LogP contribution in [0.5, 0.6) is 5.75 Å². The Hall–Kier alpha value is -2.41. The molecule has 1 amide bonds. The Morgan fingerprint density at radius 1 is 1.16 bits per heavy atom. The minimum atomic E-state index is -0.337. The van der Waals surface area contributed by atoms with E-state index in [1.165, 1.54) is 6.42 Å². The molecule has 0 unspecified atom stereocenters. The first-order valence-electron chi connectivity index (χ1n) is 11.2. The van der Waals surface area contributed by atoms with Gasteiger partial charge in [0.15, 0.2) is 0 Å². The summed E-state index contributed by atoms with van der Waals surface area (Å²) < 4.78 is 11.3. The third-order valence-electron chi connectivity index (χ3n) is 6.23. The van der Waals surface area contributed by atoms with Gasteiger partial charge in [0.1, 0.15) is 11.8 Å². The van der Waals surface area contributed by atoms with Crippen LogP contribution in [0.15, 0.2) is 48.5 Å². The molecule has 31 heavy (non-hydrogen) atoms. The number of aryl methyl sites for hydroxylation is 1. The van der Waals surface area contributed by atoms with Crippen LogP contribution in [0.3, 0.4) is 0 Å². The van der Waals surface area contributed by atoms with Crippen LogP contribution in [0, 0.1) is 6.92 Å². The van der Waals surface area contributed by atoms with Crippen molar-refractivity contribution in [2.75, 3.05) is 51.8 Å². The molecule has 0 bridgehead atoms. The lowest BCUT2D eigenvalue weighted by Gasteiger charge is -2.39. The lowest BCUT2D eigenvalue weighted by Crippen LogP contribution is -2.51. The molecule has 0 radical (unpaired) electrons. The van der Waals surface area contributed by atoms with E-state index in [9.17, 15) is 4.79 Å². The van der Waals surface area contributed by atoms with Crippen LogP contribution >= 0.6 is 0 Å². The Morgan fingerprint density at radius 2 is 1.94 bits per heavy atom. The van der Waals surface area contributed by atoms with E-state index in [0.717, 1.165) is 56.9 Å². The SMILES string of the molecule is COc1ccc(C)cc1NC(=O)[C@@H](c1ccccc1)N1CCN(C[C@@H]2CCCO2)CC1. The van der Waals surface area contributed by atoms with Crippen LogP contribution in [0.2, 0.25) is 0 Å². The lowest BCUT2D eigenvalue weighted by atomic mass is 10.0. The fourth-order valence-electron chi connectivity index (χ4n) is 4.56. The Bertz CT molecular complexity index is 860. The largest absolute Gasteiger partial charge is 0.495 e. The van der Waals surface area contributed by atoms with Crippen molar-refractivity contribution in [1.82, 2.24) is 9.80 Å². The summed E-state index contributed by atoms with van der Waals surface area (Å²) in [6.45, 7) is 7.50. The van der Waals surface area contributed by atoms with Crippen LogP contribution in [-0.4, -0.2) is 68.3 Å². The molecule has 1 N–H and O–H groups in total. The van der Waals surface area contributed by atoms with Crippen LogP contribution in [0.4, 0.5) is 5.69 Å². The van der Waals surface area contributed by atoms with Gasteiger partial charge < -0.3 is 14.8 Å². The molecule has 0 aromatic heterocycles. The van der Waals surface area contributed by atoms with Gasteiger partial charge in [-0.05, 0) is 43.0 Å². The summed E-state index contributed by atoms with van der Waals surface area (Å²) in [6, 6.07) is 15.6. The summed E-state index contributed by atoms with van der Waals surface area (Å²) in [4.78, 5) is 18.3. The zero-order valence-corrected chi connectivity index (χ0v) is 18.5. The number of rotatable bonds is 7. The van der Waals surface area contributed by atoms with Crippen molar-refractivity contribution in [2.45, 2.75) is 31.9 Å². The zero-order valence-electron chi connectivity index (χ0n) is 18.5. The first kappa shape index (κ1) is 21.8. The van der Waals surface area contributed by atoms with Crippen LogP contribution in [0.1, 0.15) is 30.0 Å². The van der Waals surface area contributed by atoms with Crippen LogP contribution in [0.25, 0.3) is 0 Å². The van der Waals surface area contributed by atoms with Gasteiger partial charge in [-0.2, -0.15) is 0 Å². The lowest BCUT2D eigenvalue weighted by molar-refractivity contribution is -0.122. The molecule has 0 saturated carbocycles. The number of piperazine rings is 1. The van der Waals surface area contributed by atoms with Crippen molar-refractivity contribution in [1.29, 1.82) is 0 Å². The number of benzene rings is 2. The molecule has 2 heterocycles. The molecule has 0 aliphatic carbocycles. The molecule has 2 aromatic carbocycles. The molecular weight excluding hydrogens is 390 g/mol. The number of anilines is 1. The Balaban J connectivity index is 1.48. The Labute approximate surface area is 185 Å². The van der Waals surface area contributed by atoms with Crippen LogP contribution in [-0.2, 0) is 9.53 Å². The molecule has 2 atom stereocenters. The van der Waals surface area contributed by atoms with E-state index in [-0.39, 0.29) is 11.9 Å². The van der Waals surface area contributed by atoms with Crippen molar-refractivity contribution in [3.8, 4) is 5.75 Å². The van der Waals surface area contributed by atoms with Gasteiger partial charge in [0.25, 0.3) is 0 Å². The van der Waals surface area contributed by atoms with Gasteiger partial charge in [-0.15, -0.1) is 0 Å². The number of nitrogens with one attached hydrogen (secondary N) is 1. The summed E-state index contributed by atoms with van der Waals surface area (Å²) >= 11 is 0. The van der Waals surface area contributed by atoms with Crippen molar-refractivity contribution in [2.24, 2.45) is 0 Å². The molecule has 6 nitrogen and oxygen atoms in total. The molecule has 6 heteroatoms. The highest BCUT2D eigenvalue weighted by Crippen LogP contribution is 2.29. The number of carbonyl (C=O) groups is 1. The maximum atomic E-state index is 13.5. The molecule has 4 rings (SSSR count). The van der Waals surface area contributed by atoms with Gasteiger partial charge in [-0.25, -0.2) is 0 Å². The van der Waals surface area contributed by atoms with Gasteiger partial charge in [0, 0.05) is 39.3 Å². The number of hydrogen-bond donors (Lipinski definition) is 1. The molecule has 0 spiro atoms. The van der Waals surface area contributed by atoms with E-state index in [2.05, 4.69) is 15.1 Å². The summed E-state index contributed by atoms with van der Waals surface area (Å²) in [6.07, 6.45) is 2.70. The highest BCUT2D eigenvalue weighted by atomic mass is 16.5. The predicted molar refractivity (Wildman–Crippen MR) is 123 cm³/mol. The number of hydrogen-bond acceptors (Lipinski definition) is 5. The van der Waals surface area contributed by atoms with E-state index in [1.54, 1.807) is 7.11 Å². The number of nitrogens with zero attached hydrogens (tertiary/aromatic N) is 2. The van der Waals surface area contributed by atoms with E-state index in [0.29, 0.717) is 17.5 Å². The first-order chi connectivity index (χ1) is 15.1. The second kappa shape index (κ2) is 10.3. The number of carbonyl (C=O) groups excluding carboxylic acids is 1. The Morgan fingerprint density at radius 3 is 2.61 bits per heavy atom. The molecule has 2 fully saturated rings. The van der Waals surface area contributed by atoms with Gasteiger partial charge in [-0.3, -0.25) is 14.6 Å². The van der Waals surface area contributed by atoms with E-state index in [4.69, 9.17) is 9.47 Å². The van der Waals surface area contributed by atoms with Crippen molar-refractivity contribution in [3.63, 3.8) is 0 Å². The van der Waals surface area contributed by atoms with E-state index < -0.39 is 0 Å². The van der Waals surface area contributed by atoms with Crippen molar-refractivity contribution in [3.05, 3.63) is 59.7 Å². The maximum Gasteiger partial charge on any atom is 0.246 e. The van der Waals surface area contributed by atoms with E-state index in [1.807, 2.05) is 55.5 Å². The third-order valence-corrected chi connectivity index (χ3v) is 6.23. The fourth-order valence-corrected chi connectivity index (χ4v) is 4.56. The third kappa shape index (κ3) is 5.45. The van der Waals surface area contributed by atoms with E-state index >= 15 is 0 Å². The summed E-state index contributed by atoms with van der Waals surface area (Å²) in [5, 5.41) is 3.13. The Kier molecular flexibility index (Phi) is 7.22. The van der Waals surface area contributed by atoms with Gasteiger partial charge >= 0.3 is 0 Å². The average Bonchev–Trinajstić information content (AvgIpc) is 3.29. The average molecular weight is 424 g/mol. The second-order valence-corrected chi connectivity index (χ2v) is 8.48. The van der Waals surface area contributed by atoms with Crippen LogP contribution < -0.4 is 10.1 Å². The summed E-state index contributed by atoms with van der Waals surface area (Å²) in [7, 11) is 1.63. The minimum absolute atomic E-state index is 0.0253. The molecular formula is C25H33N3O3. The maximum absolute atomic E-state index is 13.5. The zero-order chi connectivity index (χ0) is 21.6. The summed E-state index contributed by atoms with van der Waals surface area (Å²) in [5.74, 6) is 0.648. The fraction of sp³-hybridized carbons (Fsp3) is 0.480. The van der Waals surface area contributed by atoms with Gasteiger partial charge in [0.05, 0.1) is 18.9 Å². The molecule has 2 aliphatic heterocycles. The highest BCUT2D eigenvalue weighted by Gasteiger charge is 2.32. The first-order valence-corrected chi connectivity index (χ1v) is 11.2. The number of methoxy groups -OCH3 is 1. The monoisotopic (exact) mass is 423 g/mol.